The van der Waals surface area contributed by atoms with Crippen molar-refractivity contribution < 1.29 is 27.5 Å². The summed E-state index contributed by atoms with van der Waals surface area (Å²) in [4.78, 5) is 26.5. The van der Waals surface area contributed by atoms with Crippen LogP contribution in [-0.4, -0.2) is 64.2 Å². The van der Waals surface area contributed by atoms with Gasteiger partial charge in [0.15, 0.2) is 15.9 Å². The standard InChI is InChI=1S/C19H26N2O6S/c1-14(27-18(22)12-15-6-11-28(24,25)13-15)19(23)20-16-2-4-17(5-3-16)21-7-9-26-10-8-21/h2-5,14-15H,6-13H2,1H3,(H,20,23)/t14-,15+/m1/s1. The molecular weight excluding hydrogens is 384 g/mol. The second kappa shape index (κ2) is 8.91. The molecule has 0 aliphatic carbocycles. The number of sulfone groups is 1. The van der Waals surface area contributed by atoms with Gasteiger partial charge in [0, 0.05) is 30.9 Å². The van der Waals surface area contributed by atoms with Crippen molar-refractivity contribution in [2.45, 2.75) is 25.9 Å². The van der Waals surface area contributed by atoms with Crippen molar-refractivity contribution in [3.8, 4) is 0 Å². The zero-order valence-corrected chi connectivity index (χ0v) is 16.7. The zero-order valence-electron chi connectivity index (χ0n) is 15.9. The average Bonchev–Trinajstić information content (AvgIpc) is 3.01. The number of hydrogen-bond acceptors (Lipinski definition) is 7. The van der Waals surface area contributed by atoms with E-state index in [4.69, 9.17) is 9.47 Å². The van der Waals surface area contributed by atoms with Gasteiger partial charge in [0.1, 0.15) is 0 Å². The molecular formula is C19H26N2O6S. The molecule has 2 aliphatic rings. The maximum Gasteiger partial charge on any atom is 0.306 e. The van der Waals surface area contributed by atoms with Crippen molar-refractivity contribution in [1.82, 2.24) is 0 Å². The molecule has 3 rings (SSSR count). The van der Waals surface area contributed by atoms with E-state index < -0.39 is 27.8 Å². The number of rotatable bonds is 6. The highest BCUT2D eigenvalue weighted by molar-refractivity contribution is 7.91. The quantitative estimate of drug-likeness (QED) is 0.704. The lowest BCUT2D eigenvalue weighted by molar-refractivity contribution is -0.153. The first-order chi connectivity index (χ1) is 13.3. The Morgan fingerprint density at radius 3 is 2.54 bits per heavy atom. The Morgan fingerprint density at radius 1 is 1.25 bits per heavy atom. The molecule has 9 heteroatoms. The van der Waals surface area contributed by atoms with Crippen molar-refractivity contribution in [3.05, 3.63) is 24.3 Å². The fourth-order valence-corrected chi connectivity index (χ4v) is 5.25. The number of nitrogens with zero attached hydrogens (tertiary/aromatic N) is 1. The number of benzene rings is 1. The third-order valence-electron chi connectivity index (χ3n) is 4.97. The second-order valence-corrected chi connectivity index (χ2v) is 9.47. The SMILES string of the molecule is C[C@@H](OC(=O)C[C@@H]1CCS(=O)(=O)C1)C(=O)Nc1ccc(N2CCOCC2)cc1. The number of carbonyl (C=O) groups is 2. The molecule has 0 bridgehead atoms. The third kappa shape index (κ3) is 5.68. The predicted octanol–water partition coefficient (Wildman–Crippen LogP) is 1.22. The van der Waals surface area contributed by atoms with Gasteiger partial charge in [-0.15, -0.1) is 0 Å². The predicted molar refractivity (Wildman–Crippen MR) is 105 cm³/mol. The average molecular weight is 410 g/mol. The van der Waals surface area contributed by atoms with Gasteiger partial charge in [-0.25, -0.2) is 8.42 Å². The van der Waals surface area contributed by atoms with E-state index in [-0.39, 0.29) is 23.8 Å². The van der Waals surface area contributed by atoms with Crippen LogP contribution in [0.3, 0.4) is 0 Å². The van der Waals surface area contributed by atoms with Crippen molar-refractivity contribution in [2.75, 3.05) is 48.0 Å². The van der Waals surface area contributed by atoms with Crippen LogP contribution in [0.4, 0.5) is 11.4 Å². The van der Waals surface area contributed by atoms with Crippen molar-refractivity contribution in [3.63, 3.8) is 0 Å². The minimum Gasteiger partial charge on any atom is -0.453 e. The van der Waals surface area contributed by atoms with Crippen molar-refractivity contribution in [2.24, 2.45) is 5.92 Å². The van der Waals surface area contributed by atoms with E-state index in [1.807, 2.05) is 12.1 Å². The highest BCUT2D eigenvalue weighted by Gasteiger charge is 2.30. The summed E-state index contributed by atoms with van der Waals surface area (Å²) in [5, 5.41) is 2.73. The molecule has 154 valence electrons. The molecule has 8 nitrogen and oxygen atoms in total. The summed E-state index contributed by atoms with van der Waals surface area (Å²) < 4.78 is 33.4. The van der Waals surface area contributed by atoms with Gasteiger partial charge in [0.05, 0.1) is 24.7 Å². The summed E-state index contributed by atoms with van der Waals surface area (Å²) in [6, 6.07) is 7.47. The molecule has 2 aliphatic heterocycles. The highest BCUT2D eigenvalue weighted by Crippen LogP contribution is 2.22. The number of ether oxygens (including phenoxy) is 2. The number of esters is 1. The lowest BCUT2D eigenvalue weighted by Crippen LogP contribution is -2.36. The zero-order chi connectivity index (χ0) is 20.1. The highest BCUT2D eigenvalue weighted by atomic mass is 32.2. The molecule has 1 N–H and O–H groups in total. The van der Waals surface area contributed by atoms with Crippen LogP contribution in [0.1, 0.15) is 19.8 Å². The van der Waals surface area contributed by atoms with Crippen molar-refractivity contribution in [1.29, 1.82) is 0 Å². The Hall–Kier alpha value is -2.13. The lowest BCUT2D eigenvalue weighted by atomic mass is 10.1. The monoisotopic (exact) mass is 410 g/mol. The smallest absolute Gasteiger partial charge is 0.306 e. The van der Waals surface area contributed by atoms with Gasteiger partial charge < -0.3 is 19.7 Å². The molecule has 2 saturated heterocycles. The normalized spacial score (nSPS) is 22.5. The molecule has 28 heavy (non-hydrogen) atoms. The first-order valence-corrected chi connectivity index (χ1v) is 11.3. The fraction of sp³-hybridized carbons (Fsp3) is 0.579. The van der Waals surface area contributed by atoms with E-state index in [0.717, 1.165) is 18.8 Å². The lowest BCUT2D eigenvalue weighted by Gasteiger charge is -2.28. The van der Waals surface area contributed by atoms with E-state index >= 15 is 0 Å². The first-order valence-electron chi connectivity index (χ1n) is 9.46. The summed E-state index contributed by atoms with van der Waals surface area (Å²) >= 11 is 0. The second-order valence-electron chi connectivity index (χ2n) is 7.24. The van der Waals surface area contributed by atoms with Crippen LogP contribution in [0, 0.1) is 5.92 Å². The van der Waals surface area contributed by atoms with E-state index in [0.29, 0.717) is 25.3 Å². The number of hydrogen-bond donors (Lipinski definition) is 1. The van der Waals surface area contributed by atoms with Crippen molar-refractivity contribution >= 4 is 33.1 Å². The van der Waals surface area contributed by atoms with Gasteiger partial charge in [0.25, 0.3) is 5.91 Å². The number of nitrogens with one attached hydrogen (secondary N) is 1. The Labute approximate surface area is 165 Å². The van der Waals surface area contributed by atoms with Crippen LogP contribution in [0.5, 0.6) is 0 Å². The number of carbonyl (C=O) groups excluding carboxylic acids is 2. The van der Waals surface area contributed by atoms with Gasteiger partial charge >= 0.3 is 5.97 Å². The number of morpholine rings is 1. The van der Waals surface area contributed by atoms with Crippen LogP contribution in [0.2, 0.25) is 0 Å². The van der Waals surface area contributed by atoms with Crippen LogP contribution in [0.15, 0.2) is 24.3 Å². The molecule has 2 atom stereocenters. The van der Waals surface area contributed by atoms with Gasteiger partial charge in [-0.1, -0.05) is 0 Å². The van der Waals surface area contributed by atoms with Crippen LogP contribution >= 0.6 is 0 Å². The van der Waals surface area contributed by atoms with Crippen LogP contribution in [-0.2, 0) is 28.9 Å². The van der Waals surface area contributed by atoms with Gasteiger partial charge in [-0.2, -0.15) is 0 Å². The molecule has 1 aromatic rings. The molecule has 1 amide bonds. The first kappa shape index (κ1) is 20.6. The molecule has 2 heterocycles. The van der Waals surface area contributed by atoms with Gasteiger partial charge in [-0.3, -0.25) is 9.59 Å². The fourth-order valence-electron chi connectivity index (χ4n) is 3.39. The van der Waals surface area contributed by atoms with E-state index in [1.165, 1.54) is 6.92 Å². The molecule has 1 aromatic carbocycles. The molecule has 0 aromatic heterocycles. The van der Waals surface area contributed by atoms with Gasteiger partial charge in [0.2, 0.25) is 0 Å². The largest absolute Gasteiger partial charge is 0.453 e. The summed E-state index contributed by atoms with van der Waals surface area (Å²) in [7, 11) is -3.04. The Bertz CT molecular complexity index is 802. The minimum absolute atomic E-state index is 0.0121. The summed E-state index contributed by atoms with van der Waals surface area (Å²) in [5.41, 5.74) is 1.68. The number of anilines is 2. The minimum atomic E-state index is -3.04. The van der Waals surface area contributed by atoms with Crippen LogP contribution in [0.25, 0.3) is 0 Å². The Kier molecular flexibility index (Phi) is 6.56. The Morgan fingerprint density at radius 2 is 1.93 bits per heavy atom. The molecule has 0 saturated carbocycles. The maximum absolute atomic E-state index is 12.3. The Balaban J connectivity index is 1.46. The summed E-state index contributed by atoms with van der Waals surface area (Å²) in [6.45, 7) is 4.57. The third-order valence-corrected chi connectivity index (χ3v) is 6.81. The van der Waals surface area contributed by atoms with E-state index in [2.05, 4.69) is 10.2 Å². The summed E-state index contributed by atoms with van der Waals surface area (Å²) in [6.07, 6.45) is -0.470. The molecule has 0 spiro atoms. The molecule has 0 radical (unpaired) electrons. The molecule has 0 unspecified atom stereocenters. The number of amides is 1. The van der Waals surface area contributed by atoms with Gasteiger partial charge in [-0.05, 0) is 43.5 Å². The van der Waals surface area contributed by atoms with E-state index in [1.54, 1.807) is 12.1 Å². The topological polar surface area (TPSA) is 102 Å². The summed E-state index contributed by atoms with van der Waals surface area (Å²) in [5.74, 6) is -1.07. The molecule has 2 fully saturated rings. The van der Waals surface area contributed by atoms with E-state index in [9.17, 15) is 18.0 Å². The maximum atomic E-state index is 12.3. The van der Waals surface area contributed by atoms with Crippen LogP contribution < -0.4 is 10.2 Å².